The van der Waals surface area contributed by atoms with E-state index in [9.17, 15) is 14.0 Å². The number of hydrogen-bond donors (Lipinski definition) is 1. The molecule has 0 saturated heterocycles. The minimum atomic E-state index is -1.64. The second-order valence-electron chi connectivity index (χ2n) is 7.38. The predicted octanol–water partition coefficient (Wildman–Crippen LogP) is 1.90. The van der Waals surface area contributed by atoms with Gasteiger partial charge in [0.05, 0.1) is 0 Å². The van der Waals surface area contributed by atoms with Gasteiger partial charge in [0.2, 0.25) is 0 Å². The fourth-order valence-electron chi connectivity index (χ4n) is 3.61. The van der Waals surface area contributed by atoms with E-state index in [4.69, 9.17) is 0 Å². The van der Waals surface area contributed by atoms with Crippen LogP contribution in [0.15, 0.2) is 12.1 Å². The lowest BCUT2D eigenvalue weighted by Gasteiger charge is -2.36. The van der Waals surface area contributed by atoms with E-state index >= 15 is 0 Å². The molecule has 1 aromatic rings. The molecule has 4 rings (SSSR count). The molecule has 2 fully saturated rings. The van der Waals surface area contributed by atoms with Crippen LogP contribution < -0.4 is 5.32 Å². The molecule has 3 aliphatic rings. The third kappa shape index (κ3) is 2.82. The molecule has 2 amide bonds. The Morgan fingerprint density at radius 1 is 1.21 bits per heavy atom. The van der Waals surface area contributed by atoms with Gasteiger partial charge >= 0.3 is 0 Å². The van der Waals surface area contributed by atoms with Gasteiger partial charge in [-0.3, -0.25) is 9.59 Å². The molecule has 0 radical (unpaired) electrons. The lowest BCUT2D eigenvalue weighted by Crippen LogP contribution is -2.51. The predicted molar refractivity (Wildman–Crippen MR) is 87.5 cm³/mol. The summed E-state index contributed by atoms with van der Waals surface area (Å²) in [6.07, 6.45) is 4.56. The molecule has 2 aliphatic carbocycles. The Morgan fingerprint density at radius 3 is 2.67 bits per heavy atom. The van der Waals surface area contributed by atoms with Crippen LogP contribution >= 0.6 is 0 Å². The topological polar surface area (TPSA) is 54.3 Å². The van der Waals surface area contributed by atoms with Crippen LogP contribution in [0.4, 0.5) is 4.39 Å². The first kappa shape index (κ1) is 15.7. The summed E-state index contributed by atoms with van der Waals surface area (Å²) < 4.78 is 16.4. The van der Waals surface area contributed by atoms with E-state index in [1.165, 1.54) is 12.8 Å². The van der Waals surface area contributed by atoms with Gasteiger partial charge in [0.25, 0.3) is 11.8 Å². The van der Waals surface area contributed by atoms with Crippen molar-refractivity contribution < 1.29 is 14.0 Å². The van der Waals surface area contributed by atoms with Gasteiger partial charge in [-0.25, -0.2) is 4.39 Å². The summed E-state index contributed by atoms with van der Waals surface area (Å²) in [5, 5.41) is 2.99. The molecule has 0 atom stereocenters. The fraction of sp³-hybridized carbons (Fsp3) is 0.667. The fourth-order valence-corrected chi connectivity index (χ4v) is 3.61. The molecule has 0 spiro atoms. The van der Waals surface area contributed by atoms with Crippen LogP contribution in [0, 0.1) is 5.92 Å². The zero-order chi connectivity index (χ0) is 16.7. The van der Waals surface area contributed by atoms with E-state index < -0.39 is 5.67 Å². The molecule has 0 unspecified atom stereocenters. The zero-order valence-electron chi connectivity index (χ0n) is 13.9. The first-order valence-corrected chi connectivity index (χ1v) is 9.02. The van der Waals surface area contributed by atoms with Gasteiger partial charge in [-0.05, 0) is 50.2 Å². The molecule has 5 nitrogen and oxygen atoms in total. The first-order valence-electron chi connectivity index (χ1n) is 9.02. The largest absolute Gasteiger partial charge is 0.350 e. The molecule has 24 heavy (non-hydrogen) atoms. The molecule has 1 aromatic heterocycles. The minimum absolute atomic E-state index is 0.0473. The number of hydrogen-bond acceptors (Lipinski definition) is 2. The third-order valence-corrected chi connectivity index (χ3v) is 5.60. The molecular formula is C18H24FN3O2. The molecule has 2 saturated carbocycles. The number of alkyl halides is 1. The van der Waals surface area contributed by atoms with Crippen LogP contribution in [0.5, 0.6) is 0 Å². The van der Waals surface area contributed by atoms with E-state index in [1.54, 1.807) is 4.90 Å². The van der Waals surface area contributed by atoms with E-state index in [1.807, 2.05) is 16.7 Å². The quantitative estimate of drug-likeness (QED) is 0.915. The van der Waals surface area contributed by atoms with Crippen LogP contribution in [0.3, 0.4) is 0 Å². The lowest BCUT2D eigenvalue weighted by molar-refractivity contribution is -0.149. The highest BCUT2D eigenvalue weighted by Gasteiger charge is 2.47. The normalized spacial score (nSPS) is 22.3. The number of rotatable bonds is 4. The number of carbonyl (C=O) groups is 2. The van der Waals surface area contributed by atoms with Gasteiger partial charge < -0.3 is 14.8 Å². The monoisotopic (exact) mass is 333 g/mol. The van der Waals surface area contributed by atoms with Gasteiger partial charge in [0.15, 0.2) is 5.67 Å². The highest BCUT2D eigenvalue weighted by molar-refractivity contribution is 5.93. The Kier molecular flexibility index (Phi) is 3.85. The molecule has 2 heterocycles. The van der Waals surface area contributed by atoms with Gasteiger partial charge in [0, 0.05) is 38.3 Å². The van der Waals surface area contributed by atoms with Crippen LogP contribution in [0.1, 0.15) is 48.3 Å². The van der Waals surface area contributed by atoms with Crippen LogP contribution in [0.25, 0.3) is 0 Å². The number of amides is 2. The molecule has 0 bridgehead atoms. The highest BCUT2D eigenvalue weighted by atomic mass is 19.1. The average Bonchev–Trinajstić information content (AvgIpc) is 3.33. The van der Waals surface area contributed by atoms with Crippen LogP contribution in [0.2, 0.25) is 0 Å². The number of fused-ring (bicyclic) bond motifs is 1. The summed E-state index contributed by atoms with van der Waals surface area (Å²) >= 11 is 0. The number of nitrogens with zero attached hydrogens (tertiary/aromatic N) is 2. The molecule has 0 aromatic carbocycles. The summed E-state index contributed by atoms with van der Waals surface area (Å²) in [7, 11) is 0. The maximum atomic E-state index is 14.4. The van der Waals surface area contributed by atoms with E-state index in [-0.39, 0.29) is 11.8 Å². The molecule has 1 aliphatic heterocycles. The van der Waals surface area contributed by atoms with Gasteiger partial charge in [-0.1, -0.05) is 0 Å². The van der Waals surface area contributed by atoms with Crippen molar-refractivity contribution in [1.82, 2.24) is 14.8 Å². The minimum Gasteiger partial charge on any atom is -0.350 e. The standard InChI is InChI=1S/C18H24FN3O2/c19-18(7-1-8-18)17(24)21-9-6-14-4-5-15(22(14)11-10-21)16(23)20-12-13-2-3-13/h4-5,13H,1-3,6-12H2,(H,20,23). The first-order chi connectivity index (χ1) is 11.6. The highest BCUT2D eigenvalue weighted by Crippen LogP contribution is 2.37. The van der Waals surface area contributed by atoms with Gasteiger partial charge in [-0.2, -0.15) is 0 Å². The Balaban J connectivity index is 1.43. The third-order valence-electron chi connectivity index (χ3n) is 5.60. The van der Waals surface area contributed by atoms with Crippen molar-refractivity contribution in [3.05, 3.63) is 23.5 Å². The Bertz CT molecular complexity index is 661. The van der Waals surface area contributed by atoms with Crippen molar-refractivity contribution in [2.75, 3.05) is 19.6 Å². The number of aromatic nitrogens is 1. The number of halogens is 1. The van der Waals surface area contributed by atoms with Crippen molar-refractivity contribution in [3.8, 4) is 0 Å². The summed E-state index contributed by atoms with van der Waals surface area (Å²) in [5.74, 6) is 0.233. The average molecular weight is 333 g/mol. The van der Waals surface area contributed by atoms with Gasteiger partial charge in [0.1, 0.15) is 5.69 Å². The zero-order valence-corrected chi connectivity index (χ0v) is 13.9. The molecule has 130 valence electrons. The second kappa shape index (κ2) is 5.90. The summed E-state index contributed by atoms with van der Waals surface area (Å²) in [6, 6.07) is 3.81. The Morgan fingerprint density at radius 2 is 2.00 bits per heavy atom. The summed E-state index contributed by atoms with van der Waals surface area (Å²) in [5.41, 5.74) is 0.0608. The van der Waals surface area contributed by atoms with Crippen molar-refractivity contribution >= 4 is 11.8 Å². The van der Waals surface area contributed by atoms with Crippen molar-refractivity contribution in [2.24, 2.45) is 5.92 Å². The Hall–Kier alpha value is -1.85. The SMILES string of the molecule is O=C(NCC1CC1)c1ccc2n1CCN(C(=O)C1(F)CCC1)CC2. The number of carbonyl (C=O) groups excluding carboxylic acids is 2. The van der Waals surface area contributed by atoms with Gasteiger partial charge in [-0.15, -0.1) is 0 Å². The van der Waals surface area contributed by atoms with Crippen molar-refractivity contribution in [1.29, 1.82) is 0 Å². The Labute approximate surface area is 141 Å². The number of nitrogens with one attached hydrogen (secondary N) is 1. The second-order valence-corrected chi connectivity index (χ2v) is 7.38. The van der Waals surface area contributed by atoms with Crippen LogP contribution in [-0.2, 0) is 17.8 Å². The van der Waals surface area contributed by atoms with Crippen molar-refractivity contribution in [2.45, 2.75) is 50.7 Å². The maximum Gasteiger partial charge on any atom is 0.267 e. The van der Waals surface area contributed by atoms with E-state index in [2.05, 4.69) is 5.32 Å². The molecule has 1 N–H and O–H groups in total. The van der Waals surface area contributed by atoms with Crippen molar-refractivity contribution in [3.63, 3.8) is 0 Å². The smallest absolute Gasteiger partial charge is 0.267 e. The van der Waals surface area contributed by atoms with Crippen LogP contribution in [-0.4, -0.2) is 46.6 Å². The summed E-state index contributed by atoms with van der Waals surface area (Å²) in [4.78, 5) is 26.4. The van der Waals surface area contributed by atoms with E-state index in [0.29, 0.717) is 50.5 Å². The lowest BCUT2D eigenvalue weighted by atomic mass is 9.81. The maximum absolute atomic E-state index is 14.4. The molecule has 6 heteroatoms. The summed E-state index contributed by atoms with van der Waals surface area (Å²) in [6.45, 7) is 2.29. The molecular weight excluding hydrogens is 309 g/mol. The van der Waals surface area contributed by atoms with E-state index in [0.717, 1.165) is 18.7 Å².